The Balaban J connectivity index is 2.27. The molecule has 1 aromatic carbocycles. The third kappa shape index (κ3) is 2.67. The van der Waals surface area contributed by atoms with E-state index in [2.05, 4.69) is 29.4 Å². The SMILES string of the molecule is Cc1cc(-c2nnnn2CCC(C)C)ccc1N. The molecule has 2 rings (SSSR count). The summed E-state index contributed by atoms with van der Waals surface area (Å²) in [5, 5.41) is 11.9. The van der Waals surface area contributed by atoms with Gasteiger partial charge < -0.3 is 5.73 Å². The molecule has 0 aliphatic rings. The van der Waals surface area contributed by atoms with Crippen molar-refractivity contribution in [1.82, 2.24) is 20.2 Å². The molecule has 2 N–H and O–H groups in total. The number of nitrogens with zero attached hydrogens (tertiary/aromatic N) is 4. The summed E-state index contributed by atoms with van der Waals surface area (Å²) in [4.78, 5) is 0. The van der Waals surface area contributed by atoms with Crippen LogP contribution in [-0.4, -0.2) is 20.2 Å². The van der Waals surface area contributed by atoms with Crippen LogP contribution in [0.15, 0.2) is 18.2 Å². The molecule has 0 aliphatic carbocycles. The average molecular weight is 245 g/mol. The standard InChI is InChI=1S/C13H19N5/c1-9(2)6-7-18-13(15-16-17-18)11-4-5-12(14)10(3)8-11/h4-5,8-9H,6-7,14H2,1-3H3. The summed E-state index contributed by atoms with van der Waals surface area (Å²) in [5.41, 5.74) is 8.67. The summed E-state index contributed by atoms with van der Waals surface area (Å²) >= 11 is 0. The van der Waals surface area contributed by atoms with Crippen molar-refractivity contribution >= 4 is 5.69 Å². The molecule has 0 amide bonds. The van der Waals surface area contributed by atoms with E-state index in [9.17, 15) is 0 Å². The van der Waals surface area contributed by atoms with Gasteiger partial charge in [-0.25, -0.2) is 4.68 Å². The number of nitrogens with two attached hydrogens (primary N) is 1. The molecule has 0 atom stereocenters. The van der Waals surface area contributed by atoms with E-state index in [-0.39, 0.29) is 0 Å². The minimum Gasteiger partial charge on any atom is -0.399 e. The fourth-order valence-electron chi connectivity index (χ4n) is 1.76. The number of anilines is 1. The molecular weight excluding hydrogens is 226 g/mol. The van der Waals surface area contributed by atoms with Crippen LogP contribution in [0.3, 0.4) is 0 Å². The molecule has 0 fully saturated rings. The summed E-state index contributed by atoms with van der Waals surface area (Å²) in [7, 11) is 0. The first-order valence-electron chi connectivity index (χ1n) is 6.20. The van der Waals surface area contributed by atoms with Crippen LogP contribution < -0.4 is 5.73 Å². The van der Waals surface area contributed by atoms with Crippen molar-refractivity contribution in [2.45, 2.75) is 33.7 Å². The number of hydrogen-bond donors (Lipinski definition) is 1. The van der Waals surface area contributed by atoms with Crippen LogP contribution in [0.2, 0.25) is 0 Å². The number of benzene rings is 1. The Morgan fingerprint density at radius 2 is 2.11 bits per heavy atom. The first-order valence-corrected chi connectivity index (χ1v) is 6.20. The molecule has 0 radical (unpaired) electrons. The number of tetrazole rings is 1. The summed E-state index contributed by atoms with van der Waals surface area (Å²) < 4.78 is 1.85. The van der Waals surface area contributed by atoms with Gasteiger partial charge in [0.2, 0.25) is 0 Å². The minimum atomic E-state index is 0.634. The van der Waals surface area contributed by atoms with Gasteiger partial charge in [0, 0.05) is 17.8 Å². The molecule has 18 heavy (non-hydrogen) atoms. The molecule has 0 unspecified atom stereocenters. The van der Waals surface area contributed by atoms with E-state index in [1.807, 2.05) is 29.8 Å². The van der Waals surface area contributed by atoms with Gasteiger partial charge in [-0.15, -0.1) is 5.10 Å². The molecule has 0 aliphatic heterocycles. The van der Waals surface area contributed by atoms with E-state index < -0.39 is 0 Å². The van der Waals surface area contributed by atoms with Crippen LogP contribution in [0.1, 0.15) is 25.8 Å². The van der Waals surface area contributed by atoms with Crippen LogP contribution >= 0.6 is 0 Å². The third-order valence-corrected chi connectivity index (χ3v) is 2.98. The Morgan fingerprint density at radius 3 is 2.78 bits per heavy atom. The van der Waals surface area contributed by atoms with Crippen molar-refractivity contribution in [2.75, 3.05) is 5.73 Å². The highest BCUT2D eigenvalue weighted by atomic mass is 15.5. The molecule has 2 aromatic rings. The maximum Gasteiger partial charge on any atom is 0.182 e. The first-order chi connectivity index (χ1) is 8.58. The van der Waals surface area contributed by atoms with Gasteiger partial charge in [-0.1, -0.05) is 13.8 Å². The molecular formula is C13H19N5. The smallest absolute Gasteiger partial charge is 0.182 e. The predicted octanol–water partition coefficient (Wildman–Crippen LogP) is 2.28. The lowest BCUT2D eigenvalue weighted by Gasteiger charge is -2.08. The maximum absolute atomic E-state index is 5.82. The Morgan fingerprint density at radius 1 is 1.33 bits per heavy atom. The van der Waals surface area contributed by atoms with Gasteiger partial charge >= 0.3 is 0 Å². The molecule has 0 saturated heterocycles. The third-order valence-electron chi connectivity index (χ3n) is 2.98. The maximum atomic E-state index is 5.82. The Bertz CT molecular complexity index is 530. The van der Waals surface area contributed by atoms with Crippen LogP contribution in [0.5, 0.6) is 0 Å². The van der Waals surface area contributed by atoms with Crippen LogP contribution in [0, 0.1) is 12.8 Å². The fourth-order valence-corrected chi connectivity index (χ4v) is 1.76. The second-order valence-corrected chi connectivity index (χ2v) is 4.98. The van der Waals surface area contributed by atoms with Crippen molar-refractivity contribution in [3.05, 3.63) is 23.8 Å². The van der Waals surface area contributed by atoms with Gasteiger partial charge in [-0.3, -0.25) is 0 Å². The van der Waals surface area contributed by atoms with Gasteiger partial charge in [-0.2, -0.15) is 0 Å². The molecule has 5 nitrogen and oxygen atoms in total. The molecule has 0 bridgehead atoms. The lowest BCUT2D eigenvalue weighted by Crippen LogP contribution is -2.05. The zero-order valence-electron chi connectivity index (χ0n) is 11.1. The van der Waals surface area contributed by atoms with Crippen molar-refractivity contribution < 1.29 is 0 Å². The predicted molar refractivity (Wildman–Crippen MR) is 71.9 cm³/mol. The summed E-state index contributed by atoms with van der Waals surface area (Å²) in [5.74, 6) is 1.44. The molecule has 0 spiro atoms. The van der Waals surface area contributed by atoms with Gasteiger partial charge in [0.05, 0.1) is 0 Å². The normalized spacial score (nSPS) is 11.1. The second kappa shape index (κ2) is 5.16. The lowest BCUT2D eigenvalue weighted by molar-refractivity contribution is 0.481. The van der Waals surface area contributed by atoms with Crippen LogP contribution in [-0.2, 0) is 6.54 Å². The zero-order chi connectivity index (χ0) is 13.1. The monoisotopic (exact) mass is 245 g/mol. The summed E-state index contributed by atoms with van der Waals surface area (Å²) in [6.07, 6.45) is 1.06. The van der Waals surface area contributed by atoms with E-state index in [1.165, 1.54) is 0 Å². The topological polar surface area (TPSA) is 69.6 Å². The molecule has 0 saturated carbocycles. The average Bonchev–Trinajstić information content (AvgIpc) is 2.78. The first kappa shape index (κ1) is 12.5. The number of aromatic nitrogens is 4. The summed E-state index contributed by atoms with van der Waals surface area (Å²) in [6, 6.07) is 5.87. The Hall–Kier alpha value is -1.91. The highest BCUT2D eigenvalue weighted by Gasteiger charge is 2.10. The van der Waals surface area contributed by atoms with Crippen molar-refractivity contribution in [2.24, 2.45) is 5.92 Å². The second-order valence-electron chi connectivity index (χ2n) is 4.98. The van der Waals surface area contributed by atoms with E-state index in [0.717, 1.165) is 35.6 Å². The highest BCUT2D eigenvalue weighted by Crippen LogP contribution is 2.21. The minimum absolute atomic E-state index is 0.634. The van der Waals surface area contributed by atoms with E-state index >= 15 is 0 Å². The van der Waals surface area contributed by atoms with Gasteiger partial charge in [-0.05, 0) is 53.5 Å². The summed E-state index contributed by atoms with van der Waals surface area (Å²) in [6.45, 7) is 7.21. The van der Waals surface area contributed by atoms with Crippen molar-refractivity contribution in [3.8, 4) is 11.4 Å². The van der Waals surface area contributed by atoms with Crippen LogP contribution in [0.4, 0.5) is 5.69 Å². The van der Waals surface area contributed by atoms with Gasteiger partial charge in [0.15, 0.2) is 5.82 Å². The van der Waals surface area contributed by atoms with Gasteiger partial charge in [0.25, 0.3) is 0 Å². The van der Waals surface area contributed by atoms with Crippen molar-refractivity contribution in [1.29, 1.82) is 0 Å². The number of hydrogen-bond acceptors (Lipinski definition) is 4. The zero-order valence-corrected chi connectivity index (χ0v) is 11.1. The van der Waals surface area contributed by atoms with E-state index in [1.54, 1.807) is 0 Å². The highest BCUT2D eigenvalue weighted by molar-refractivity contribution is 5.61. The number of aryl methyl sites for hydroxylation is 2. The molecule has 1 heterocycles. The Kier molecular flexibility index (Phi) is 3.60. The van der Waals surface area contributed by atoms with E-state index in [0.29, 0.717) is 5.92 Å². The molecule has 96 valence electrons. The lowest BCUT2D eigenvalue weighted by atomic mass is 10.1. The van der Waals surface area contributed by atoms with Crippen LogP contribution in [0.25, 0.3) is 11.4 Å². The molecule has 5 heteroatoms. The largest absolute Gasteiger partial charge is 0.399 e. The number of nitrogen functional groups attached to an aromatic ring is 1. The van der Waals surface area contributed by atoms with Crippen molar-refractivity contribution in [3.63, 3.8) is 0 Å². The molecule has 1 aromatic heterocycles. The number of rotatable bonds is 4. The fraction of sp³-hybridized carbons (Fsp3) is 0.462. The van der Waals surface area contributed by atoms with Gasteiger partial charge in [0.1, 0.15) is 0 Å². The Labute approximate surface area is 107 Å². The quantitative estimate of drug-likeness (QED) is 0.839. The van der Waals surface area contributed by atoms with E-state index in [4.69, 9.17) is 5.73 Å².